The van der Waals surface area contributed by atoms with Crippen LogP contribution in [0.25, 0.3) is 0 Å². The van der Waals surface area contributed by atoms with Gasteiger partial charge in [0.1, 0.15) is 5.82 Å². The molecule has 2 N–H and O–H groups in total. The van der Waals surface area contributed by atoms with E-state index < -0.39 is 11.7 Å². The van der Waals surface area contributed by atoms with Crippen molar-refractivity contribution in [3.8, 4) is 0 Å². The van der Waals surface area contributed by atoms with Crippen molar-refractivity contribution >= 4 is 29.9 Å². The highest BCUT2D eigenvalue weighted by Crippen LogP contribution is 2.27. The first-order valence-corrected chi connectivity index (χ1v) is 7.71. The molecule has 2 amide bonds. The second-order valence-electron chi connectivity index (χ2n) is 5.91. The van der Waals surface area contributed by atoms with E-state index in [1.54, 1.807) is 18.2 Å². The summed E-state index contributed by atoms with van der Waals surface area (Å²) in [5, 5.41) is 6.23. The highest BCUT2D eigenvalue weighted by molar-refractivity contribution is 6.00. The van der Waals surface area contributed by atoms with E-state index in [1.807, 2.05) is 0 Å². The highest BCUT2D eigenvalue weighted by Gasteiger charge is 2.36. The van der Waals surface area contributed by atoms with Gasteiger partial charge in [0.2, 0.25) is 11.8 Å². The lowest BCUT2D eigenvalue weighted by molar-refractivity contribution is -0.127. The van der Waals surface area contributed by atoms with Gasteiger partial charge in [-0.2, -0.15) is 0 Å². The Hall–Kier alpha value is -1.66. The molecule has 2 aliphatic heterocycles. The Labute approximate surface area is 141 Å². The van der Waals surface area contributed by atoms with Crippen molar-refractivity contribution in [2.45, 2.75) is 25.3 Å². The zero-order valence-electron chi connectivity index (χ0n) is 12.8. The lowest BCUT2D eigenvalue weighted by atomic mass is 10.0. The van der Waals surface area contributed by atoms with Gasteiger partial charge < -0.3 is 15.5 Å². The van der Waals surface area contributed by atoms with E-state index >= 15 is 0 Å². The first kappa shape index (κ1) is 17.7. The minimum atomic E-state index is -0.437. The summed E-state index contributed by atoms with van der Waals surface area (Å²) in [4.78, 5) is 25.8. The fourth-order valence-electron chi connectivity index (χ4n) is 3.08. The molecule has 3 rings (SSSR count). The number of hydrogen-bond acceptors (Lipinski definition) is 3. The number of benzene rings is 1. The molecule has 2 fully saturated rings. The maximum Gasteiger partial charge on any atom is 0.227 e. The Morgan fingerprint density at radius 3 is 2.83 bits per heavy atom. The predicted molar refractivity (Wildman–Crippen MR) is 88.1 cm³/mol. The number of nitrogens with one attached hydrogen (secondary N) is 2. The number of carbonyl (C=O) groups excluding carboxylic acids is 2. The van der Waals surface area contributed by atoms with Crippen LogP contribution in [-0.2, 0) is 9.59 Å². The summed E-state index contributed by atoms with van der Waals surface area (Å²) in [5.41, 5.74) is 0.252. The first-order chi connectivity index (χ1) is 10.6. The molecule has 5 nitrogen and oxygen atoms in total. The highest BCUT2D eigenvalue weighted by atomic mass is 35.5. The number of hydrogen-bond donors (Lipinski definition) is 2. The minimum absolute atomic E-state index is 0. The third kappa shape index (κ3) is 4.00. The van der Waals surface area contributed by atoms with E-state index in [-0.39, 0.29) is 48.9 Å². The number of carbonyl (C=O) groups is 2. The maximum atomic E-state index is 13.8. The normalized spacial score (nSPS) is 24.2. The van der Waals surface area contributed by atoms with Gasteiger partial charge in [-0.15, -0.1) is 12.4 Å². The van der Waals surface area contributed by atoms with Gasteiger partial charge in [-0.25, -0.2) is 4.39 Å². The summed E-state index contributed by atoms with van der Waals surface area (Å²) in [6, 6.07) is 6.29. The van der Waals surface area contributed by atoms with Crippen molar-refractivity contribution < 1.29 is 14.0 Å². The topological polar surface area (TPSA) is 61.4 Å². The van der Waals surface area contributed by atoms with Gasteiger partial charge in [0.15, 0.2) is 0 Å². The van der Waals surface area contributed by atoms with E-state index in [2.05, 4.69) is 10.6 Å². The molecule has 0 radical (unpaired) electrons. The first-order valence-electron chi connectivity index (χ1n) is 7.71. The number of halogens is 2. The van der Waals surface area contributed by atoms with E-state index in [0.29, 0.717) is 0 Å². The fourth-order valence-corrected chi connectivity index (χ4v) is 3.08. The van der Waals surface area contributed by atoms with Gasteiger partial charge in [-0.05, 0) is 31.5 Å². The number of nitrogens with zero attached hydrogens (tertiary/aromatic N) is 1. The van der Waals surface area contributed by atoms with E-state index in [9.17, 15) is 14.0 Å². The van der Waals surface area contributed by atoms with E-state index in [0.717, 1.165) is 25.9 Å². The molecule has 0 bridgehead atoms. The van der Waals surface area contributed by atoms with Crippen molar-refractivity contribution in [1.29, 1.82) is 0 Å². The molecule has 0 spiro atoms. The van der Waals surface area contributed by atoms with Crippen LogP contribution in [0.2, 0.25) is 0 Å². The van der Waals surface area contributed by atoms with E-state index in [1.165, 1.54) is 11.0 Å². The number of amides is 2. The number of piperidine rings is 1. The average Bonchev–Trinajstić information content (AvgIpc) is 2.91. The molecule has 1 unspecified atom stereocenters. The van der Waals surface area contributed by atoms with Crippen LogP contribution in [0.3, 0.4) is 0 Å². The van der Waals surface area contributed by atoms with Crippen molar-refractivity contribution in [2.24, 2.45) is 5.92 Å². The standard InChI is InChI=1S/C16H20FN3O2.ClH/c17-13-5-1-2-6-14(13)20-10-11(8-15(20)21)16(22)19-12-4-3-7-18-9-12;/h1-2,5-6,11-12,18H,3-4,7-10H2,(H,19,22);1H/t11?,12-;/m0./s1. The molecule has 2 heterocycles. The second-order valence-corrected chi connectivity index (χ2v) is 5.91. The van der Waals surface area contributed by atoms with Crippen LogP contribution in [0, 0.1) is 11.7 Å². The molecular weight excluding hydrogens is 321 g/mol. The molecule has 2 aliphatic rings. The van der Waals surface area contributed by atoms with Crippen LogP contribution in [0.4, 0.5) is 10.1 Å². The number of rotatable bonds is 3. The summed E-state index contributed by atoms with van der Waals surface area (Å²) >= 11 is 0. The molecule has 0 aliphatic carbocycles. The third-order valence-corrected chi connectivity index (χ3v) is 4.28. The third-order valence-electron chi connectivity index (χ3n) is 4.28. The van der Waals surface area contributed by atoms with Crippen molar-refractivity contribution in [3.63, 3.8) is 0 Å². The van der Waals surface area contributed by atoms with Gasteiger partial charge in [0.05, 0.1) is 11.6 Å². The van der Waals surface area contributed by atoms with Gasteiger partial charge >= 0.3 is 0 Å². The molecule has 23 heavy (non-hydrogen) atoms. The smallest absolute Gasteiger partial charge is 0.227 e. The Morgan fingerprint density at radius 2 is 2.13 bits per heavy atom. The SMILES string of the molecule is Cl.O=C(N[C@H]1CCCNC1)C1CC(=O)N(c2ccccc2F)C1. The van der Waals surface area contributed by atoms with Crippen molar-refractivity contribution in [2.75, 3.05) is 24.5 Å². The van der Waals surface area contributed by atoms with Crippen LogP contribution in [0.1, 0.15) is 19.3 Å². The fraction of sp³-hybridized carbons (Fsp3) is 0.500. The average molecular weight is 342 g/mol. The molecule has 2 saturated heterocycles. The lowest BCUT2D eigenvalue weighted by Crippen LogP contribution is -2.47. The summed E-state index contributed by atoms with van der Waals surface area (Å²) in [6.07, 6.45) is 2.13. The van der Waals surface area contributed by atoms with Crippen LogP contribution < -0.4 is 15.5 Å². The summed E-state index contributed by atoms with van der Waals surface area (Å²) in [7, 11) is 0. The van der Waals surface area contributed by atoms with E-state index in [4.69, 9.17) is 0 Å². The lowest BCUT2D eigenvalue weighted by Gasteiger charge is -2.25. The predicted octanol–water partition coefficient (Wildman–Crippen LogP) is 1.47. The number of anilines is 1. The molecule has 1 aromatic rings. The molecular formula is C16H21ClFN3O2. The Kier molecular flexibility index (Phi) is 5.96. The van der Waals surface area contributed by atoms with Gasteiger partial charge in [-0.1, -0.05) is 12.1 Å². The summed E-state index contributed by atoms with van der Waals surface area (Å²) < 4.78 is 13.8. The zero-order chi connectivity index (χ0) is 15.5. The van der Waals surface area contributed by atoms with Gasteiger partial charge in [-0.3, -0.25) is 9.59 Å². The minimum Gasteiger partial charge on any atom is -0.352 e. The molecule has 2 atom stereocenters. The quantitative estimate of drug-likeness (QED) is 0.875. The summed E-state index contributed by atoms with van der Waals surface area (Å²) in [6.45, 7) is 1.99. The second kappa shape index (κ2) is 7.75. The van der Waals surface area contributed by atoms with Crippen molar-refractivity contribution in [1.82, 2.24) is 10.6 Å². The number of para-hydroxylation sites is 1. The molecule has 0 aromatic heterocycles. The van der Waals surface area contributed by atoms with Crippen LogP contribution in [0.15, 0.2) is 24.3 Å². The summed E-state index contributed by atoms with van der Waals surface area (Å²) in [5.74, 6) is -1.16. The molecule has 126 valence electrons. The Balaban J connectivity index is 0.00000192. The van der Waals surface area contributed by atoms with Crippen molar-refractivity contribution in [3.05, 3.63) is 30.1 Å². The van der Waals surface area contributed by atoms with Crippen LogP contribution in [-0.4, -0.2) is 37.5 Å². The van der Waals surface area contributed by atoms with Crippen LogP contribution >= 0.6 is 12.4 Å². The monoisotopic (exact) mass is 341 g/mol. The molecule has 0 saturated carbocycles. The Morgan fingerprint density at radius 1 is 1.35 bits per heavy atom. The zero-order valence-corrected chi connectivity index (χ0v) is 13.6. The van der Waals surface area contributed by atoms with Gasteiger partial charge in [0.25, 0.3) is 0 Å². The molecule has 1 aromatic carbocycles. The molecule has 7 heteroatoms. The maximum absolute atomic E-state index is 13.8. The largest absolute Gasteiger partial charge is 0.352 e. The van der Waals surface area contributed by atoms with Crippen LogP contribution in [0.5, 0.6) is 0 Å². The Bertz CT molecular complexity index is 578. The van der Waals surface area contributed by atoms with Gasteiger partial charge in [0, 0.05) is 25.6 Å².